The molecule has 0 aromatic carbocycles. The summed E-state index contributed by atoms with van der Waals surface area (Å²) in [6.45, 7) is 11.9. The van der Waals surface area contributed by atoms with Crippen LogP contribution in [0.5, 0.6) is 0 Å². The predicted molar refractivity (Wildman–Crippen MR) is 90.6 cm³/mol. The Morgan fingerprint density at radius 1 is 1.22 bits per heavy atom. The molecule has 0 heterocycles. The van der Waals surface area contributed by atoms with Crippen LogP contribution in [0.15, 0.2) is 4.99 Å². The third-order valence-corrected chi connectivity index (χ3v) is 2.50. The van der Waals surface area contributed by atoms with Gasteiger partial charge in [-0.05, 0) is 33.0 Å². The topological polar surface area (TPSA) is 39.7 Å². The second-order valence-corrected chi connectivity index (χ2v) is 3.70. The van der Waals surface area contributed by atoms with E-state index in [2.05, 4.69) is 40.3 Å². The van der Waals surface area contributed by atoms with Crippen molar-refractivity contribution < 1.29 is 0 Å². The SMILES string of the molecule is C#CCNC(=NCCCN(CC)CC)NCC.I. The van der Waals surface area contributed by atoms with Crippen molar-refractivity contribution in [2.75, 3.05) is 39.3 Å². The van der Waals surface area contributed by atoms with Crippen LogP contribution in [-0.2, 0) is 0 Å². The van der Waals surface area contributed by atoms with E-state index in [1.54, 1.807) is 0 Å². The summed E-state index contributed by atoms with van der Waals surface area (Å²) in [6, 6.07) is 0. The van der Waals surface area contributed by atoms with Gasteiger partial charge in [-0.2, -0.15) is 0 Å². The molecule has 2 N–H and O–H groups in total. The van der Waals surface area contributed by atoms with Gasteiger partial charge >= 0.3 is 0 Å². The number of aliphatic imine (C=N–C) groups is 1. The zero-order chi connectivity index (χ0) is 12.9. The second-order valence-electron chi connectivity index (χ2n) is 3.70. The highest BCUT2D eigenvalue weighted by Gasteiger charge is 1.98. The van der Waals surface area contributed by atoms with Crippen molar-refractivity contribution in [3.63, 3.8) is 0 Å². The summed E-state index contributed by atoms with van der Waals surface area (Å²) in [5.74, 6) is 3.35. The van der Waals surface area contributed by atoms with Gasteiger partial charge in [0.25, 0.3) is 0 Å². The molecule has 0 atom stereocenters. The molecule has 5 heteroatoms. The van der Waals surface area contributed by atoms with Crippen LogP contribution in [0.3, 0.4) is 0 Å². The van der Waals surface area contributed by atoms with Gasteiger partial charge in [0, 0.05) is 13.1 Å². The molecule has 0 bridgehead atoms. The predicted octanol–water partition coefficient (Wildman–Crippen LogP) is 1.52. The minimum absolute atomic E-state index is 0. The number of hydrogen-bond donors (Lipinski definition) is 2. The summed E-state index contributed by atoms with van der Waals surface area (Å²) >= 11 is 0. The smallest absolute Gasteiger partial charge is 0.192 e. The molecule has 0 saturated carbocycles. The van der Waals surface area contributed by atoms with E-state index >= 15 is 0 Å². The Morgan fingerprint density at radius 3 is 2.39 bits per heavy atom. The quantitative estimate of drug-likeness (QED) is 0.225. The number of guanidine groups is 1. The molecular formula is C13H27IN4. The van der Waals surface area contributed by atoms with Gasteiger partial charge in [0.2, 0.25) is 0 Å². The largest absolute Gasteiger partial charge is 0.357 e. The summed E-state index contributed by atoms with van der Waals surface area (Å²) in [5.41, 5.74) is 0. The lowest BCUT2D eigenvalue weighted by molar-refractivity contribution is 0.302. The lowest BCUT2D eigenvalue weighted by Crippen LogP contribution is -2.37. The normalized spacial score (nSPS) is 10.7. The van der Waals surface area contributed by atoms with E-state index in [1.807, 2.05) is 6.92 Å². The number of nitrogens with one attached hydrogen (secondary N) is 2. The molecule has 0 aromatic heterocycles. The van der Waals surface area contributed by atoms with Crippen LogP contribution in [0.2, 0.25) is 0 Å². The van der Waals surface area contributed by atoms with E-state index in [4.69, 9.17) is 6.42 Å². The maximum atomic E-state index is 5.20. The van der Waals surface area contributed by atoms with Gasteiger partial charge in [-0.15, -0.1) is 30.4 Å². The first-order valence-corrected chi connectivity index (χ1v) is 6.46. The second kappa shape index (κ2) is 14.6. The lowest BCUT2D eigenvalue weighted by atomic mass is 10.4. The molecule has 0 spiro atoms. The highest BCUT2D eigenvalue weighted by Crippen LogP contribution is 1.91. The van der Waals surface area contributed by atoms with Gasteiger partial charge in [0.15, 0.2) is 5.96 Å². The van der Waals surface area contributed by atoms with E-state index in [0.29, 0.717) is 6.54 Å². The van der Waals surface area contributed by atoms with Crippen LogP contribution in [0.4, 0.5) is 0 Å². The highest BCUT2D eigenvalue weighted by molar-refractivity contribution is 14.0. The van der Waals surface area contributed by atoms with Crippen molar-refractivity contribution in [1.29, 1.82) is 0 Å². The van der Waals surface area contributed by atoms with Gasteiger partial charge in [-0.3, -0.25) is 4.99 Å². The summed E-state index contributed by atoms with van der Waals surface area (Å²) in [6.07, 6.45) is 6.28. The fourth-order valence-electron chi connectivity index (χ4n) is 1.50. The zero-order valence-electron chi connectivity index (χ0n) is 11.8. The first kappa shape index (κ1) is 19.9. The Bertz CT molecular complexity index is 244. The van der Waals surface area contributed by atoms with E-state index in [0.717, 1.165) is 45.1 Å². The molecule has 0 aliphatic rings. The third-order valence-electron chi connectivity index (χ3n) is 2.50. The molecule has 0 saturated heterocycles. The van der Waals surface area contributed by atoms with Crippen molar-refractivity contribution in [2.24, 2.45) is 4.99 Å². The summed E-state index contributed by atoms with van der Waals surface area (Å²) in [4.78, 5) is 6.86. The Labute approximate surface area is 129 Å². The summed E-state index contributed by atoms with van der Waals surface area (Å²) in [7, 11) is 0. The Morgan fingerprint density at radius 2 is 1.89 bits per heavy atom. The van der Waals surface area contributed by atoms with Crippen molar-refractivity contribution in [3.8, 4) is 12.3 Å². The first-order chi connectivity index (χ1) is 8.28. The minimum Gasteiger partial charge on any atom is -0.357 e. The van der Waals surface area contributed by atoms with Crippen LogP contribution in [-0.4, -0.2) is 50.1 Å². The summed E-state index contributed by atoms with van der Waals surface area (Å²) < 4.78 is 0. The molecule has 0 rings (SSSR count). The maximum absolute atomic E-state index is 5.20. The number of rotatable bonds is 8. The van der Waals surface area contributed by atoms with E-state index in [-0.39, 0.29) is 24.0 Å². The molecule has 0 fully saturated rings. The standard InChI is InChI=1S/C13H26N4.HI/c1-5-10-15-13(14-6-2)16-11-9-12-17(7-3)8-4;/h1H,6-12H2,2-4H3,(H2,14,15,16);1H. The molecular weight excluding hydrogens is 339 g/mol. The molecule has 18 heavy (non-hydrogen) atoms. The highest BCUT2D eigenvalue weighted by atomic mass is 127. The molecule has 0 aliphatic carbocycles. The zero-order valence-corrected chi connectivity index (χ0v) is 14.2. The van der Waals surface area contributed by atoms with E-state index in [9.17, 15) is 0 Å². The number of terminal acetylenes is 1. The van der Waals surface area contributed by atoms with Gasteiger partial charge in [-0.1, -0.05) is 19.8 Å². The number of halogens is 1. The van der Waals surface area contributed by atoms with Gasteiger partial charge in [0.1, 0.15) is 0 Å². The fourth-order valence-corrected chi connectivity index (χ4v) is 1.50. The Kier molecular flexibility index (Phi) is 16.1. The van der Waals surface area contributed by atoms with Gasteiger partial charge < -0.3 is 15.5 Å². The van der Waals surface area contributed by atoms with Crippen LogP contribution in [0.1, 0.15) is 27.2 Å². The van der Waals surface area contributed by atoms with Crippen LogP contribution < -0.4 is 10.6 Å². The minimum atomic E-state index is 0. The van der Waals surface area contributed by atoms with E-state index < -0.39 is 0 Å². The van der Waals surface area contributed by atoms with Crippen LogP contribution >= 0.6 is 24.0 Å². The van der Waals surface area contributed by atoms with Gasteiger partial charge in [-0.25, -0.2) is 0 Å². The van der Waals surface area contributed by atoms with Crippen molar-refractivity contribution in [3.05, 3.63) is 0 Å². The average molecular weight is 366 g/mol. The monoisotopic (exact) mass is 366 g/mol. The van der Waals surface area contributed by atoms with Crippen LogP contribution in [0, 0.1) is 12.3 Å². The molecule has 4 nitrogen and oxygen atoms in total. The van der Waals surface area contributed by atoms with Crippen molar-refractivity contribution in [2.45, 2.75) is 27.2 Å². The molecule has 0 aromatic rings. The molecule has 106 valence electrons. The first-order valence-electron chi connectivity index (χ1n) is 6.46. The summed E-state index contributed by atoms with van der Waals surface area (Å²) in [5, 5.41) is 6.24. The number of hydrogen-bond acceptors (Lipinski definition) is 2. The number of nitrogens with zero attached hydrogens (tertiary/aromatic N) is 2. The third kappa shape index (κ3) is 10.7. The lowest BCUT2D eigenvalue weighted by Gasteiger charge is -2.17. The van der Waals surface area contributed by atoms with Gasteiger partial charge in [0.05, 0.1) is 6.54 Å². The van der Waals surface area contributed by atoms with Crippen molar-refractivity contribution >= 4 is 29.9 Å². The molecule has 0 aliphatic heterocycles. The molecule has 0 unspecified atom stereocenters. The Hall–Kier alpha value is -0.480. The fraction of sp³-hybridized carbons (Fsp3) is 0.769. The Balaban J connectivity index is 0. The van der Waals surface area contributed by atoms with Crippen LogP contribution in [0.25, 0.3) is 0 Å². The molecule has 0 amide bonds. The van der Waals surface area contributed by atoms with Crippen molar-refractivity contribution in [1.82, 2.24) is 15.5 Å². The van der Waals surface area contributed by atoms with E-state index in [1.165, 1.54) is 0 Å². The molecule has 0 radical (unpaired) electrons. The average Bonchev–Trinajstić information content (AvgIpc) is 2.36. The maximum Gasteiger partial charge on any atom is 0.192 e.